The van der Waals surface area contributed by atoms with E-state index in [1.165, 1.54) is 16.6 Å². The lowest BCUT2D eigenvalue weighted by Gasteiger charge is -2.30. The molecule has 2 aromatic rings. The lowest BCUT2D eigenvalue weighted by Crippen LogP contribution is -2.29. The summed E-state index contributed by atoms with van der Waals surface area (Å²) in [5, 5.41) is 20.6. The van der Waals surface area contributed by atoms with Crippen LogP contribution in [-0.2, 0) is 11.3 Å². The zero-order valence-electron chi connectivity index (χ0n) is 18.2. The highest BCUT2D eigenvalue weighted by atomic mass is 16.5. The summed E-state index contributed by atoms with van der Waals surface area (Å²) in [6.07, 6.45) is 2.85. The summed E-state index contributed by atoms with van der Waals surface area (Å²) >= 11 is 0. The molecule has 8 nitrogen and oxygen atoms in total. The van der Waals surface area contributed by atoms with Gasteiger partial charge in [0.2, 0.25) is 5.91 Å². The molecule has 162 valence electrons. The van der Waals surface area contributed by atoms with Crippen LogP contribution in [0.2, 0.25) is 0 Å². The van der Waals surface area contributed by atoms with E-state index in [4.69, 9.17) is 5.21 Å². The second-order valence-electron chi connectivity index (χ2n) is 8.35. The Bertz CT molecular complexity index is 931. The van der Waals surface area contributed by atoms with Gasteiger partial charge >= 0.3 is 0 Å². The zero-order chi connectivity index (χ0) is 21.7. The van der Waals surface area contributed by atoms with Crippen molar-refractivity contribution in [3.05, 3.63) is 47.8 Å². The lowest BCUT2D eigenvalue weighted by molar-refractivity contribution is -0.128. The number of carbonyl (C=O) groups is 1. The second-order valence-corrected chi connectivity index (χ2v) is 8.35. The van der Waals surface area contributed by atoms with E-state index in [1.807, 2.05) is 5.01 Å². The van der Waals surface area contributed by atoms with Gasteiger partial charge in [-0.05, 0) is 56.6 Å². The van der Waals surface area contributed by atoms with Crippen molar-refractivity contribution in [2.24, 2.45) is 16.3 Å². The molecule has 2 heterocycles. The van der Waals surface area contributed by atoms with Crippen LogP contribution in [0.1, 0.15) is 38.4 Å². The first kappa shape index (κ1) is 22.0. The molecule has 0 bridgehead atoms. The second kappa shape index (κ2) is 9.86. The summed E-state index contributed by atoms with van der Waals surface area (Å²) < 4.78 is 2.42. The Morgan fingerprint density at radius 2 is 2.10 bits per heavy atom. The number of hydrogen-bond donors (Lipinski definition) is 2. The molecule has 0 fully saturated rings. The number of nitrogens with one attached hydrogen (secondary N) is 1. The Morgan fingerprint density at radius 3 is 2.80 bits per heavy atom. The van der Waals surface area contributed by atoms with E-state index in [-0.39, 0.29) is 12.5 Å². The van der Waals surface area contributed by atoms with Gasteiger partial charge in [-0.1, -0.05) is 37.3 Å². The van der Waals surface area contributed by atoms with E-state index in [2.05, 4.69) is 78.1 Å². The summed E-state index contributed by atoms with van der Waals surface area (Å²) in [6.45, 7) is 6.91. The Balaban J connectivity index is 1.89. The fourth-order valence-corrected chi connectivity index (χ4v) is 3.97. The van der Waals surface area contributed by atoms with Gasteiger partial charge in [0, 0.05) is 24.2 Å². The number of rotatable bonds is 9. The number of hydroxylamine groups is 1. The average molecular weight is 413 g/mol. The fraction of sp³-hybridized carbons (Fsp3) is 0.500. The van der Waals surface area contributed by atoms with Crippen molar-refractivity contribution < 1.29 is 10.0 Å². The molecular weight excluding hydrogens is 380 g/mol. The van der Waals surface area contributed by atoms with Crippen LogP contribution in [0.15, 0.2) is 52.4 Å². The molecular formula is C22H32N6O2. The van der Waals surface area contributed by atoms with Crippen LogP contribution >= 0.6 is 0 Å². The highest BCUT2D eigenvalue weighted by molar-refractivity contribution is 5.81. The van der Waals surface area contributed by atoms with E-state index >= 15 is 0 Å². The standard InChI is InChI=1S/C22H32N6O2/c1-16(2)22(28-15-18(23-25-28)10-11-21(29)24-30)20-14-17-8-5-6-9-19(17)27(20)13-7-12-26(3)4/h5-6,8-10,14,16,22,30H,7,11-13,15H2,1-4H3,(H,24,29)/b18-10-. The molecule has 1 aromatic heterocycles. The van der Waals surface area contributed by atoms with E-state index < -0.39 is 5.91 Å². The predicted octanol–water partition coefficient (Wildman–Crippen LogP) is 3.75. The summed E-state index contributed by atoms with van der Waals surface area (Å²) in [7, 11) is 4.20. The summed E-state index contributed by atoms with van der Waals surface area (Å²) in [5.41, 5.74) is 4.85. The van der Waals surface area contributed by atoms with Crippen molar-refractivity contribution in [1.82, 2.24) is 20.0 Å². The van der Waals surface area contributed by atoms with Crippen LogP contribution in [0, 0.1) is 5.92 Å². The summed E-state index contributed by atoms with van der Waals surface area (Å²) in [6, 6.07) is 10.8. The van der Waals surface area contributed by atoms with E-state index in [9.17, 15) is 4.79 Å². The van der Waals surface area contributed by atoms with E-state index in [0.29, 0.717) is 12.5 Å². The molecule has 1 aliphatic heterocycles. The summed E-state index contributed by atoms with van der Waals surface area (Å²) in [5.74, 6) is -0.140. The number of carbonyl (C=O) groups excluding carboxylic acids is 1. The monoisotopic (exact) mass is 412 g/mol. The molecule has 1 atom stereocenters. The fourth-order valence-electron chi connectivity index (χ4n) is 3.97. The van der Waals surface area contributed by atoms with Crippen LogP contribution in [0.5, 0.6) is 0 Å². The molecule has 0 radical (unpaired) electrons. The van der Waals surface area contributed by atoms with Gasteiger partial charge in [0.1, 0.15) is 0 Å². The quantitative estimate of drug-likeness (QED) is 0.485. The Morgan fingerprint density at radius 1 is 1.33 bits per heavy atom. The largest absolute Gasteiger partial charge is 0.343 e. The average Bonchev–Trinajstić information content (AvgIpc) is 3.31. The minimum Gasteiger partial charge on any atom is -0.343 e. The topological polar surface area (TPSA) is 85.5 Å². The normalized spacial score (nSPS) is 16.4. The number of para-hydroxylation sites is 1. The third kappa shape index (κ3) is 5.06. The molecule has 3 rings (SSSR count). The number of benzene rings is 1. The smallest absolute Gasteiger partial charge is 0.247 e. The van der Waals surface area contributed by atoms with Crippen molar-refractivity contribution >= 4 is 16.8 Å². The van der Waals surface area contributed by atoms with Gasteiger partial charge in [-0.2, -0.15) is 0 Å². The van der Waals surface area contributed by atoms with Crippen LogP contribution in [-0.4, -0.2) is 52.8 Å². The van der Waals surface area contributed by atoms with Gasteiger partial charge in [-0.15, -0.1) is 5.11 Å². The zero-order valence-corrected chi connectivity index (χ0v) is 18.2. The van der Waals surface area contributed by atoms with Crippen molar-refractivity contribution in [1.29, 1.82) is 0 Å². The van der Waals surface area contributed by atoms with Crippen molar-refractivity contribution in [2.75, 3.05) is 27.2 Å². The highest BCUT2D eigenvalue weighted by Gasteiger charge is 2.30. The van der Waals surface area contributed by atoms with Crippen LogP contribution < -0.4 is 5.48 Å². The number of nitrogens with zero attached hydrogens (tertiary/aromatic N) is 5. The third-order valence-electron chi connectivity index (χ3n) is 5.35. The molecule has 30 heavy (non-hydrogen) atoms. The maximum atomic E-state index is 11.3. The lowest BCUT2D eigenvalue weighted by atomic mass is 9.99. The van der Waals surface area contributed by atoms with Gasteiger partial charge in [-0.25, -0.2) is 5.48 Å². The van der Waals surface area contributed by atoms with Gasteiger partial charge < -0.3 is 9.47 Å². The van der Waals surface area contributed by atoms with Crippen molar-refractivity contribution in [2.45, 2.75) is 39.3 Å². The van der Waals surface area contributed by atoms with Crippen LogP contribution in [0.4, 0.5) is 0 Å². The number of aromatic nitrogens is 1. The van der Waals surface area contributed by atoms with Crippen molar-refractivity contribution in [3.8, 4) is 0 Å². The number of amides is 1. The molecule has 2 N–H and O–H groups in total. The molecule has 8 heteroatoms. The van der Waals surface area contributed by atoms with Gasteiger partial charge in [-0.3, -0.25) is 15.0 Å². The van der Waals surface area contributed by atoms with Crippen LogP contribution in [0.25, 0.3) is 10.9 Å². The minimum atomic E-state index is -0.461. The first-order valence-electron chi connectivity index (χ1n) is 10.4. The number of aryl methyl sites for hydroxylation is 1. The first-order chi connectivity index (χ1) is 14.4. The maximum Gasteiger partial charge on any atom is 0.247 e. The number of fused-ring (bicyclic) bond motifs is 1. The molecule has 1 unspecified atom stereocenters. The van der Waals surface area contributed by atoms with Gasteiger partial charge in [0.05, 0.1) is 18.3 Å². The molecule has 1 aliphatic rings. The number of hydrogen-bond acceptors (Lipinski definition) is 6. The first-order valence-corrected chi connectivity index (χ1v) is 10.4. The third-order valence-corrected chi connectivity index (χ3v) is 5.35. The molecule has 0 spiro atoms. The highest BCUT2D eigenvalue weighted by Crippen LogP contribution is 2.36. The Kier molecular flexibility index (Phi) is 7.23. The van der Waals surface area contributed by atoms with Crippen LogP contribution in [0.3, 0.4) is 0 Å². The molecule has 0 saturated carbocycles. The minimum absolute atomic E-state index is 0.0677. The molecule has 0 aliphatic carbocycles. The van der Waals surface area contributed by atoms with Crippen molar-refractivity contribution in [3.63, 3.8) is 0 Å². The SMILES string of the molecule is CC(C)C(c1cc2ccccc2n1CCCN(C)C)N1C/C(=C/CC(=O)NO)N=N1. The van der Waals surface area contributed by atoms with E-state index in [1.54, 1.807) is 11.6 Å². The van der Waals surface area contributed by atoms with E-state index in [0.717, 1.165) is 25.2 Å². The van der Waals surface area contributed by atoms with Gasteiger partial charge in [0.15, 0.2) is 0 Å². The predicted molar refractivity (Wildman–Crippen MR) is 117 cm³/mol. The Hall–Kier alpha value is -2.71. The molecule has 1 amide bonds. The van der Waals surface area contributed by atoms with Gasteiger partial charge in [0.25, 0.3) is 0 Å². The summed E-state index contributed by atoms with van der Waals surface area (Å²) in [4.78, 5) is 13.5. The molecule has 1 aromatic carbocycles. The maximum absolute atomic E-state index is 11.3. The Labute approximate surface area is 177 Å². The molecule has 0 saturated heterocycles.